The van der Waals surface area contributed by atoms with Gasteiger partial charge in [-0.2, -0.15) is 0 Å². The fraction of sp³-hybridized carbons (Fsp3) is 1.00. The van der Waals surface area contributed by atoms with Crippen LogP contribution in [0.3, 0.4) is 0 Å². The standard InChI is InChI=1S/C21H40N4/c1-17(2)23-10-7-21(15-23)25-9-6-19(14-25)13-18(3)24-12-11-22-8-4-5-20(22)16-24/h17-21H,4-16H2,1-3H3. The molecule has 4 rings (SSSR count). The summed E-state index contributed by atoms with van der Waals surface area (Å²) in [5.41, 5.74) is 0. The molecule has 0 bridgehead atoms. The molecule has 4 atom stereocenters. The molecular weight excluding hydrogens is 308 g/mol. The van der Waals surface area contributed by atoms with Gasteiger partial charge in [0.2, 0.25) is 0 Å². The monoisotopic (exact) mass is 348 g/mol. The minimum atomic E-state index is 0.720. The van der Waals surface area contributed by atoms with Gasteiger partial charge in [-0.1, -0.05) is 0 Å². The summed E-state index contributed by atoms with van der Waals surface area (Å²) in [6, 6.07) is 3.21. The zero-order chi connectivity index (χ0) is 17.4. The lowest BCUT2D eigenvalue weighted by Crippen LogP contribution is -2.53. The molecule has 0 aromatic carbocycles. The molecule has 4 unspecified atom stereocenters. The zero-order valence-corrected chi connectivity index (χ0v) is 16.9. The third kappa shape index (κ3) is 4.07. The number of rotatable bonds is 5. The molecule has 4 saturated heterocycles. The molecule has 0 aromatic heterocycles. The maximum absolute atomic E-state index is 2.83. The minimum absolute atomic E-state index is 0.720. The van der Waals surface area contributed by atoms with Gasteiger partial charge < -0.3 is 0 Å². The Morgan fingerprint density at radius 3 is 2.32 bits per heavy atom. The van der Waals surface area contributed by atoms with Crippen molar-refractivity contribution < 1.29 is 0 Å². The molecule has 4 fully saturated rings. The fourth-order valence-electron chi connectivity index (χ4n) is 5.97. The first-order valence-electron chi connectivity index (χ1n) is 11.1. The Balaban J connectivity index is 1.23. The summed E-state index contributed by atoms with van der Waals surface area (Å²) in [6.07, 6.45) is 7.12. The summed E-state index contributed by atoms with van der Waals surface area (Å²) in [7, 11) is 0. The molecule has 4 aliphatic rings. The van der Waals surface area contributed by atoms with Crippen LogP contribution in [0, 0.1) is 5.92 Å². The van der Waals surface area contributed by atoms with Crippen LogP contribution in [-0.4, -0.2) is 96.1 Å². The Morgan fingerprint density at radius 2 is 1.52 bits per heavy atom. The van der Waals surface area contributed by atoms with Crippen LogP contribution in [0.5, 0.6) is 0 Å². The second-order valence-corrected chi connectivity index (χ2v) is 9.59. The first kappa shape index (κ1) is 18.2. The van der Waals surface area contributed by atoms with Crippen LogP contribution < -0.4 is 0 Å². The Hall–Kier alpha value is -0.160. The SMILES string of the molecule is CC(C)N1CCC(N2CCC(CC(C)N3CCN4CCCC4C3)C2)C1. The number of hydrogen-bond acceptors (Lipinski definition) is 4. The van der Waals surface area contributed by atoms with E-state index in [2.05, 4.69) is 40.4 Å². The number of hydrogen-bond donors (Lipinski definition) is 0. The third-order valence-corrected chi connectivity index (χ3v) is 7.68. The number of fused-ring (bicyclic) bond motifs is 1. The second-order valence-electron chi connectivity index (χ2n) is 9.59. The average Bonchev–Trinajstić information content (AvgIpc) is 3.33. The maximum atomic E-state index is 2.83. The van der Waals surface area contributed by atoms with Gasteiger partial charge in [-0.3, -0.25) is 19.6 Å². The van der Waals surface area contributed by atoms with Crippen LogP contribution in [0.2, 0.25) is 0 Å². The highest BCUT2D eigenvalue weighted by atomic mass is 15.3. The molecule has 0 spiro atoms. The molecule has 25 heavy (non-hydrogen) atoms. The maximum Gasteiger partial charge on any atom is 0.0235 e. The molecule has 0 saturated carbocycles. The topological polar surface area (TPSA) is 13.0 Å². The fourth-order valence-corrected chi connectivity index (χ4v) is 5.97. The zero-order valence-electron chi connectivity index (χ0n) is 16.9. The van der Waals surface area contributed by atoms with Crippen LogP contribution in [0.4, 0.5) is 0 Å². The summed E-state index contributed by atoms with van der Waals surface area (Å²) in [5, 5.41) is 0. The molecule has 4 aliphatic heterocycles. The number of nitrogens with zero attached hydrogens (tertiary/aromatic N) is 4. The Bertz CT molecular complexity index is 440. The van der Waals surface area contributed by atoms with Gasteiger partial charge in [0.15, 0.2) is 0 Å². The predicted molar refractivity (Wildman–Crippen MR) is 105 cm³/mol. The molecule has 0 aromatic rings. The van der Waals surface area contributed by atoms with Crippen LogP contribution >= 0.6 is 0 Å². The first-order valence-corrected chi connectivity index (χ1v) is 11.1. The van der Waals surface area contributed by atoms with E-state index in [1.165, 1.54) is 84.5 Å². The molecule has 4 nitrogen and oxygen atoms in total. The second kappa shape index (κ2) is 7.84. The molecule has 0 amide bonds. The smallest absolute Gasteiger partial charge is 0.0235 e. The van der Waals surface area contributed by atoms with Crippen molar-refractivity contribution in [2.24, 2.45) is 5.92 Å². The van der Waals surface area contributed by atoms with Crippen molar-refractivity contribution in [2.75, 3.05) is 52.4 Å². The Labute approximate surface area is 155 Å². The highest BCUT2D eigenvalue weighted by Crippen LogP contribution is 2.29. The third-order valence-electron chi connectivity index (χ3n) is 7.68. The molecule has 4 heteroatoms. The van der Waals surface area contributed by atoms with Crippen molar-refractivity contribution >= 4 is 0 Å². The largest absolute Gasteiger partial charge is 0.299 e. The molecule has 144 valence electrons. The molecule has 4 heterocycles. The summed E-state index contributed by atoms with van der Waals surface area (Å²) in [5.74, 6) is 0.935. The van der Waals surface area contributed by atoms with Crippen LogP contribution in [0.1, 0.15) is 52.9 Å². The van der Waals surface area contributed by atoms with Gasteiger partial charge in [0.05, 0.1) is 0 Å². The highest BCUT2D eigenvalue weighted by Gasteiger charge is 2.36. The van der Waals surface area contributed by atoms with Gasteiger partial charge >= 0.3 is 0 Å². The quantitative estimate of drug-likeness (QED) is 0.756. The van der Waals surface area contributed by atoms with Crippen LogP contribution in [0.15, 0.2) is 0 Å². The lowest BCUT2D eigenvalue weighted by atomic mass is 9.98. The average molecular weight is 349 g/mol. The lowest BCUT2D eigenvalue weighted by molar-refractivity contribution is 0.0682. The summed E-state index contributed by atoms with van der Waals surface area (Å²) < 4.78 is 0. The van der Waals surface area contributed by atoms with Gasteiger partial charge in [0.1, 0.15) is 0 Å². The first-order chi connectivity index (χ1) is 12.1. The summed E-state index contributed by atoms with van der Waals surface area (Å²) in [4.78, 5) is 11.0. The normalized spacial score (nSPS) is 37.2. The van der Waals surface area contributed by atoms with Gasteiger partial charge in [-0.05, 0) is 71.9 Å². The van der Waals surface area contributed by atoms with E-state index in [9.17, 15) is 0 Å². The van der Waals surface area contributed by atoms with Crippen molar-refractivity contribution in [3.63, 3.8) is 0 Å². The molecule has 0 aliphatic carbocycles. The van der Waals surface area contributed by atoms with Gasteiger partial charge in [0.25, 0.3) is 0 Å². The molecular formula is C21H40N4. The van der Waals surface area contributed by atoms with Gasteiger partial charge in [-0.25, -0.2) is 0 Å². The van der Waals surface area contributed by atoms with E-state index in [1.807, 2.05) is 0 Å². The van der Waals surface area contributed by atoms with Crippen LogP contribution in [0.25, 0.3) is 0 Å². The van der Waals surface area contributed by atoms with Crippen LogP contribution in [-0.2, 0) is 0 Å². The van der Waals surface area contributed by atoms with Gasteiger partial charge in [0, 0.05) is 63.4 Å². The van der Waals surface area contributed by atoms with E-state index in [0.29, 0.717) is 0 Å². The van der Waals surface area contributed by atoms with E-state index in [-0.39, 0.29) is 0 Å². The van der Waals surface area contributed by atoms with Crippen molar-refractivity contribution in [1.29, 1.82) is 0 Å². The summed E-state index contributed by atoms with van der Waals surface area (Å²) >= 11 is 0. The number of likely N-dealkylation sites (tertiary alicyclic amines) is 2. The van der Waals surface area contributed by atoms with Crippen molar-refractivity contribution in [3.05, 3.63) is 0 Å². The Morgan fingerprint density at radius 1 is 0.720 bits per heavy atom. The van der Waals surface area contributed by atoms with E-state index < -0.39 is 0 Å². The Kier molecular flexibility index (Phi) is 5.71. The van der Waals surface area contributed by atoms with Crippen molar-refractivity contribution in [3.8, 4) is 0 Å². The predicted octanol–water partition coefficient (Wildman–Crippen LogP) is 2.35. The summed E-state index contributed by atoms with van der Waals surface area (Å²) in [6.45, 7) is 17.9. The molecule has 0 radical (unpaired) electrons. The minimum Gasteiger partial charge on any atom is -0.299 e. The van der Waals surface area contributed by atoms with E-state index in [4.69, 9.17) is 0 Å². The highest BCUT2D eigenvalue weighted by molar-refractivity contribution is 4.92. The van der Waals surface area contributed by atoms with E-state index in [1.54, 1.807) is 0 Å². The lowest BCUT2D eigenvalue weighted by Gasteiger charge is -2.41. The number of piperazine rings is 1. The van der Waals surface area contributed by atoms with Crippen molar-refractivity contribution in [2.45, 2.75) is 77.0 Å². The van der Waals surface area contributed by atoms with E-state index >= 15 is 0 Å². The van der Waals surface area contributed by atoms with Crippen molar-refractivity contribution in [1.82, 2.24) is 19.6 Å². The van der Waals surface area contributed by atoms with E-state index in [0.717, 1.165) is 30.1 Å². The molecule has 0 N–H and O–H groups in total. The van der Waals surface area contributed by atoms with Gasteiger partial charge in [-0.15, -0.1) is 0 Å².